The number of aryl methyl sites for hydroxylation is 1. The number of carbonyl (C=O) groups is 1. The van der Waals surface area contributed by atoms with Gasteiger partial charge in [-0.05, 0) is 42.8 Å². The molecule has 6 nitrogen and oxygen atoms in total. The van der Waals surface area contributed by atoms with Crippen LogP contribution in [-0.2, 0) is 16.6 Å². The number of aromatic nitrogens is 2. The predicted molar refractivity (Wildman–Crippen MR) is 102 cm³/mol. The van der Waals surface area contributed by atoms with Crippen molar-refractivity contribution >= 4 is 17.2 Å². The van der Waals surface area contributed by atoms with Crippen molar-refractivity contribution in [2.45, 2.75) is 24.8 Å². The number of nitrogens with one attached hydrogen (secondary N) is 1. The lowest BCUT2D eigenvalue weighted by molar-refractivity contribution is -0.125. The highest BCUT2D eigenvalue weighted by Gasteiger charge is 2.41. The minimum absolute atomic E-state index is 0.0288. The Kier molecular flexibility index (Phi) is 5.11. The van der Waals surface area contributed by atoms with Crippen LogP contribution < -0.4 is 5.32 Å². The predicted octanol–water partition coefficient (Wildman–Crippen LogP) is 2.09. The summed E-state index contributed by atoms with van der Waals surface area (Å²) in [7, 11) is 3.61. The standard InChI is InChI=1S/C19H26N4O2S/c1-22-17(9-16(21-22)18-4-3-7-26-18)15-11-23-6-5-13(15)8-14(23)10-20-19(24)12-25-2/h3-4,7,9,13-15H,5-6,8,10-12H2,1-2H3,(H,20,24)/t13-,14+,15-/m0/s1. The molecule has 0 radical (unpaired) electrons. The Morgan fingerprint density at radius 1 is 1.50 bits per heavy atom. The molecule has 2 aromatic rings. The fourth-order valence-corrected chi connectivity index (χ4v) is 5.15. The van der Waals surface area contributed by atoms with Gasteiger partial charge in [0.05, 0.1) is 4.88 Å². The first kappa shape index (κ1) is 17.7. The second kappa shape index (κ2) is 7.50. The summed E-state index contributed by atoms with van der Waals surface area (Å²) in [4.78, 5) is 15.4. The van der Waals surface area contributed by atoms with Gasteiger partial charge in [0.1, 0.15) is 12.3 Å². The number of piperidine rings is 3. The van der Waals surface area contributed by atoms with Crippen LogP contribution in [0, 0.1) is 5.92 Å². The van der Waals surface area contributed by atoms with Crippen molar-refractivity contribution in [3.63, 3.8) is 0 Å². The van der Waals surface area contributed by atoms with E-state index in [1.807, 2.05) is 0 Å². The zero-order chi connectivity index (χ0) is 18.1. The highest BCUT2D eigenvalue weighted by Crippen LogP contribution is 2.42. The first-order valence-corrected chi connectivity index (χ1v) is 10.1. The van der Waals surface area contributed by atoms with Gasteiger partial charge in [0.25, 0.3) is 0 Å². The zero-order valence-electron chi connectivity index (χ0n) is 15.4. The Morgan fingerprint density at radius 3 is 3.08 bits per heavy atom. The van der Waals surface area contributed by atoms with E-state index in [1.54, 1.807) is 18.4 Å². The smallest absolute Gasteiger partial charge is 0.246 e. The van der Waals surface area contributed by atoms with Crippen molar-refractivity contribution in [3.05, 3.63) is 29.3 Å². The summed E-state index contributed by atoms with van der Waals surface area (Å²) in [5.41, 5.74) is 2.42. The fourth-order valence-electron chi connectivity index (χ4n) is 4.47. The van der Waals surface area contributed by atoms with E-state index in [2.05, 4.69) is 45.5 Å². The van der Waals surface area contributed by atoms with Crippen LogP contribution in [0.25, 0.3) is 10.6 Å². The Labute approximate surface area is 158 Å². The van der Waals surface area contributed by atoms with Gasteiger partial charge in [-0.2, -0.15) is 5.10 Å². The Morgan fingerprint density at radius 2 is 2.38 bits per heavy atom. The van der Waals surface area contributed by atoms with E-state index in [1.165, 1.54) is 17.0 Å². The van der Waals surface area contributed by atoms with E-state index in [4.69, 9.17) is 9.84 Å². The molecule has 0 spiro atoms. The van der Waals surface area contributed by atoms with Crippen molar-refractivity contribution in [1.82, 2.24) is 20.0 Å². The SMILES string of the molecule is COCC(=O)NC[C@H]1C[C@@H]2CCN1C[C@@H]2c1cc(-c2cccs2)nn1C. The molecule has 2 bridgehead atoms. The molecular weight excluding hydrogens is 348 g/mol. The average molecular weight is 375 g/mol. The topological polar surface area (TPSA) is 59.4 Å². The molecule has 5 heterocycles. The van der Waals surface area contributed by atoms with Crippen LogP contribution in [0.2, 0.25) is 0 Å². The number of carbonyl (C=O) groups excluding carboxylic acids is 1. The first-order valence-electron chi connectivity index (χ1n) is 9.23. The van der Waals surface area contributed by atoms with Crippen LogP contribution in [0.4, 0.5) is 0 Å². The van der Waals surface area contributed by atoms with Crippen molar-refractivity contribution in [1.29, 1.82) is 0 Å². The molecule has 1 amide bonds. The Hall–Kier alpha value is -1.70. The van der Waals surface area contributed by atoms with Gasteiger partial charge in [0.2, 0.25) is 5.91 Å². The second-order valence-electron chi connectivity index (χ2n) is 7.33. The van der Waals surface area contributed by atoms with Gasteiger partial charge in [0, 0.05) is 44.9 Å². The summed E-state index contributed by atoms with van der Waals surface area (Å²) < 4.78 is 6.96. The van der Waals surface area contributed by atoms with Crippen molar-refractivity contribution < 1.29 is 9.53 Å². The van der Waals surface area contributed by atoms with Gasteiger partial charge < -0.3 is 10.1 Å². The van der Waals surface area contributed by atoms with Crippen molar-refractivity contribution in [2.75, 3.05) is 33.4 Å². The Balaban J connectivity index is 1.44. The van der Waals surface area contributed by atoms with E-state index in [0.29, 0.717) is 17.9 Å². The third-order valence-corrected chi connectivity index (χ3v) is 6.65. The monoisotopic (exact) mass is 374 g/mol. The molecule has 3 aliphatic rings. The van der Waals surface area contributed by atoms with Crippen LogP contribution in [0.1, 0.15) is 24.5 Å². The van der Waals surface area contributed by atoms with E-state index < -0.39 is 0 Å². The first-order chi connectivity index (χ1) is 12.7. The molecular formula is C19H26N4O2S. The van der Waals surface area contributed by atoms with Crippen molar-refractivity contribution in [3.8, 4) is 10.6 Å². The van der Waals surface area contributed by atoms with Gasteiger partial charge in [-0.15, -0.1) is 11.3 Å². The van der Waals surface area contributed by atoms with Gasteiger partial charge in [-0.25, -0.2) is 0 Å². The fraction of sp³-hybridized carbons (Fsp3) is 0.579. The Bertz CT molecular complexity index is 758. The van der Waals surface area contributed by atoms with Gasteiger partial charge in [-0.3, -0.25) is 14.4 Å². The molecule has 26 heavy (non-hydrogen) atoms. The number of fused-ring (bicyclic) bond motifs is 3. The highest BCUT2D eigenvalue weighted by molar-refractivity contribution is 7.13. The molecule has 7 heteroatoms. The van der Waals surface area contributed by atoms with E-state index >= 15 is 0 Å². The second-order valence-corrected chi connectivity index (χ2v) is 8.28. The van der Waals surface area contributed by atoms with Crippen LogP contribution in [0.15, 0.2) is 23.6 Å². The summed E-state index contributed by atoms with van der Waals surface area (Å²) in [6.45, 7) is 3.04. The molecule has 4 atom stereocenters. The van der Waals surface area contributed by atoms with Crippen LogP contribution >= 0.6 is 11.3 Å². The molecule has 0 aliphatic carbocycles. The number of rotatable bonds is 6. The molecule has 1 unspecified atom stereocenters. The zero-order valence-corrected chi connectivity index (χ0v) is 16.2. The number of ether oxygens (including phenoxy) is 1. The molecule has 0 saturated carbocycles. The van der Waals surface area contributed by atoms with E-state index in [9.17, 15) is 4.79 Å². The molecule has 0 aromatic carbocycles. The lowest BCUT2D eigenvalue weighted by atomic mass is 9.74. The lowest BCUT2D eigenvalue weighted by Gasteiger charge is -2.50. The number of hydrogen-bond acceptors (Lipinski definition) is 5. The molecule has 5 rings (SSSR count). The number of nitrogens with zero attached hydrogens (tertiary/aromatic N) is 3. The molecule has 2 aromatic heterocycles. The number of methoxy groups -OCH3 is 1. The van der Waals surface area contributed by atoms with E-state index in [-0.39, 0.29) is 12.5 Å². The molecule has 3 saturated heterocycles. The van der Waals surface area contributed by atoms with E-state index in [0.717, 1.165) is 31.7 Å². The molecule has 140 valence electrons. The summed E-state index contributed by atoms with van der Waals surface area (Å²) >= 11 is 1.74. The third kappa shape index (κ3) is 3.43. The maximum Gasteiger partial charge on any atom is 0.246 e. The quantitative estimate of drug-likeness (QED) is 0.841. The minimum Gasteiger partial charge on any atom is -0.375 e. The average Bonchev–Trinajstić information content (AvgIpc) is 3.30. The summed E-state index contributed by atoms with van der Waals surface area (Å²) in [5.74, 6) is 1.16. The molecule has 3 aliphatic heterocycles. The third-order valence-electron chi connectivity index (χ3n) is 5.76. The van der Waals surface area contributed by atoms with Crippen LogP contribution in [-0.4, -0.2) is 60.0 Å². The maximum absolute atomic E-state index is 11.7. The normalized spacial score (nSPS) is 27.6. The number of thiophene rings is 1. The van der Waals surface area contributed by atoms with Crippen LogP contribution in [0.3, 0.4) is 0 Å². The number of hydrogen-bond donors (Lipinski definition) is 1. The summed E-state index contributed by atoms with van der Waals surface area (Å²) in [5, 5.41) is 9.85. The highest BCUT2D eigenvalue weighted by atomic mass is 32.1. The summed E-state index contributed by atoms with van der Waals surface area (Å²) in [6.07, 6.45) is 2.37. The largest absolute Gasteiger partial charge is 0.375 e. The maximum atomic E-state index is 11.7. The molecule has 1 N–H and O–H groups in total. The lowest BCUT2D eigenvalue weighted by Crippen LogP contribution is -2.56. The van der Waals surface area contributed by atoms with Gasteiger partial charge in [0.15, 0.2) is 0 Å². The van der Waals surface area contributed by atoms with Crippen LogP contribution in [0.5, 0.6) is 0 Å². The van der Waals surface area contributed by atoms with Crippen molar-refractivity contribution in [2.24, 2.45) is 13.0 Å². The summed E-state index contributed by atoms with van der Waals surface area (Å²) in [6, 6.07) is 6.92. The molecule has 3 fully saturated rings. The van der Waals surface area contributed by atoms with Gasteiger partial charge >= 0.3 is 0 Å². The minimum atomic E-state index is -0.0288. The number of amides is 1. The van der Waals surface area contributed by atoms with Gasteiger partial charge in [-0.1, -0.05) is 6.07 Å².